The smallest absolute Gasteiger partial charge is 0.343 e. The van der Waals surface area contributed by atoms with Crippen molar-refractivity contribution in [2.75, 3.05) is 20.7 Å². The summed E-state index contributed by atoms with van der Waals surface area (Å²) in [5.74, 6) is -1.20. The lowest BCUT2D eigenvalue weighted by atomic mass is 10.0. The van der Waals surface area contributed by atoms with E-state index in [2.05, 4.69) is 0 Å². The Morgan fingerprint density at radius 1 is 1.15 bits per heavy atom. The maximum Gasteiger partial charge on any atom is 0.343 e. The first-order valence-electron chi connectivity index (χ1n) is 6.08. The van der Waals surface area contributed by atoms with Crippen LogP contribution in [-0.4, -0.2) is 42.6 Å². The average molecular weight is 273 g/mol. The van der Waals surface area contributed by atoms with E-state index in [1.54, 1.807) is 32.3 Å². The molecule has 5 nitrogen and oxygen atoms in total. The molecule has 1 amide bonds. The molecular formula is C15H15NO4. The minimum atomic E-state index is -0.713. The third kappa shape index (κ3) is 2.71. The fourth-order valence-electron chi connectivity index (χ4n) is 1.80. The van der Waals surface area contributed by atoms with Gasteiger partial charge in [0.15, 0.2) is 6.61 Å². The molecule has 0 heterocycles. The van der Waals surface area contributed by atoms with Gasteiger partial charge in [0, 0.05) is 14.1 Å². The van der Waals surface area contributed by atoms with Gasteiger partial charge in [-0.3, -0.25) is 4.79 Å². The lowest BCUT2D eigenvalue weighted by Gasteiger charge is -2.12. The fourth-order valence-corrected chi connectivity index (χ4v) is 1.80. The highest BCUT2D eigenvalue weighted by Crippen LogP contribution is 2.27. The minimum Gasteiger partial charge on any atom is -0.507 e. The Morgan fingerprint density at radius 3 is 2.55 bits per heavy atom. The molecule has 0 aliphatic rings. The monoisotopic (exact) mass is 273 g/mol. The minimum absolute atomic E-state index is 0.0784. The van der Waals surface area contributed by atoms with Crippen molar-refractivity contribution in [3.63, 3.8) is 0 Å². The number of phenolic OH excluding ortho intramolecular Hbond substituents is 1. The van der Waals surface area contributed by atoms with Crippen molar-refractivity contribution in [3.8, 4) is 5.75 Å². The number of carbonyl (C=O) groups is 2. The van der Waals surface area contributed by atoms with E-state index in [1.807, 2.05) is 12.1 Å². The highest BCUT2D eigenvalue weighted by Gasteiger charge is 2.18. The third-order valence-electron chi connectivity index (χ3n) is 2.94. The maximum absolute atomic E-state index is 12.1. The first-order valence-corrected chi connectivity index (χ1v) is 6.08. The predicted molar refractivity (Wildman–Crippen MR) is 74.6 cm³/mol. The third-order valence-corrected chi connectivity index (χ3v) is 2.94. The van der Waals surface area contributed by atoms with Crippen molar-refractivity contribution in [3.05, 3.63) is 42.0 Å². The number of hydrogen-bond acceptors (Lipinski definition) is 4. The number of likely N-dealkylation sites (N-methyl/N-ethyl adjacent to an activating group) is 1. The Kier molecular flexibility index (Phi) is 3.89. The quantitative estimate of drug-likeness (QED) is 0.866. The van der Waals surface area contributed by atoms with E-state index in [0.717, 1.165) is 5.39 Å². The molecule has 0 fully saturated rings. The predicted octanol–water partition coefficient (Wildman–Crippen LogP) is 1.79. The molecule has 0 saturated heterocycles. The SMILES string of the molecule is CN(C)C(=O)COC(=O)c1c(O)ccc2ccccc12. The number of ether oxygens (including phenoxy) is 1. The van der Waals surface area contributed by atoms with Crippen LogP contribution in [0.1, 0.15) is 10.4 Å². The van der Waals surface area contributed by atoms with Gasteiger partial charge < -0.3 is 14.7 Å². The van der Waals surface area contributed by atoms with Crippen molar-refractivity contribution < 1.29 is 19.4 Å². The number of esters is 1. The van der Waals surface area contributed by atoms with Crippen LogP contribution < -0.4 is 0 Å². The summed E-state index contributed by atoms with van der Waals surface area (Å²) in [5.41, 5.74) is 0.0784. The van der Waals surface area contributed by atoms with Crippen molar-refractivity contribution in [1.29, 1.82) is 0 Å². The van der Waals surface area contributed by atoms with Crippen LogP contribution in [0.25, 0.3) is 10.8 Å². The van der Waals surface area contributed by atoms with Crippen LogP contribution in [-0.2, 0) is 9.53 Å². The maximum atomic E-state index is 12.1. The Bertz CT molecular complexity index is 664. The first kappa shape index (κ1) is 13.9. The van der Waals surface area contributed by atoms with Crippen LogP contribution in [0.15, 0.2) is 36.4 Å². The van der Waals surface area contributed by atoms with Crippen molar-refractivity contribution in [1.82, 2.24) is 4.90 Å². The number of aromatic hydroxyl groups is 1. The lowest BCUT2D eigenvalue weighted by molar-refractivity contribution is -0.131. The molecule has 2 aromatic rings. The highest BCUT2D eigenvalue weighted by atomic mass is 16.5. The standard InChI is InChI=1S/C15H15NO4/c1-16(2)13(18)9-20-15(19)14-11-6-4-3-5-10(11)7-8-12(14)17/h3-8,17H,9H2,1-2H3. The van der Waals surface area contributed by atoms with Gasteiger partial charge in [0.2, 0.25) is 0 Å². The number of hydrogen-bond donors (Lipinski definition) is 1. The number of amides is 1. The summed E-state index contributed by atoms with van der Waals surface area (Å²) < 4.78 is 4.95. The van der Waals surface area contributed by atoms with E-state index in [-0.39, 0.29) is 23.8 Å². The van der Waals surface area contributed by atoms with Crippen LogP contribution in [0.4, 0.5) is 0 Å². The van der Waals surface area contributed by atoms with E-state index in [0.29, 0.717) is 5.39 Å². The van der Waals surface area contributed by atoms with Gasteiger partial charge in [-0.1, -0.05) is 30.3 Å². The lowest BCUT2D eigenvalue weighted by Crippen LogP contribution is -2.27. The van der Waals surface area contributed by atoms with E-state index >= 15 is 0 Å². The van der Waals surface area contributed by atoms with Gasteiger partial charge >= 0.3 is 5.97 Å². The molecular weight excluding hydrogens is 258 g/mol. The summed E-state index contributed by atoms with van der Waals surface area (Å²) in [6, 6.07) is 10.3. The molecule has 0 bridgehead atoms. The van der Waals surface area contributed by atoms with E-state index in [1.165, 1.54) is 11.0 Å². The molecule has 2 aromatic carbocycles. The van der Waals surface area contributed by atoms with Gasteiger partial charge in [-0.2, -0.15) is 0 Å². The van der Waals surface area contributed by atoms with Gasteiger partial charge in [-0.15, -0.1) is 0 Å². The van der Waals surface area contributed by atoms with Gasteiger partial charge in [-0.25, -0.2) is 4.79 Å². The van der Waals surface area contributed by atoms with E-state index in [4.69, 9.17) is 4.74 Å². The van der Waals surface area contributed by atoms with Crippen molar-refractivity contribution in [2.45, 2.75) is 0 Å². The zero-order chi connectivity index (χ0) is 14.7. The fraction of sp³-hybridized carbons (Fsp3) is 0.200. The first-order chi connectivity index (χ1) is 9.50. The molecule has 0 saturated carbocycles. The zero-order valence-electron chi connectivity index (χ0n) is 11.3. The number of benzene rings is 2. The number of fused-ring (bicyclic) bond motifs is 1. The summed E-state index contributed by atoms with van der Waals surface area (Å²) in [5, 5.41) is 11.3. The molecule has 0 radical (unpaired) electrons. The molecule has 0 spiro atoms. The molecule has 1 N–H and O–H groups in total. The number of rotatable bonds is 3. The van der Waals surface area contributed by atoms with Gasteiger partial charge in [0.25, 0.3) is 5.91 Å². The summed E-state index contributed by atoms with van der Waals surface area (Å²) in [6.45, 7) is -0.353. The Balaban J connectivity index is 2.30. The van der Waals surface area contributed by atoms with Crippen molar-refractivity contribution >= 4 is 22.6 Å². The van der Waals surface area contributed by atoms with Crippen LogP contribution in [0.2, 0.25) is 0 Å². The molecule has 5 heteroatoms. The molecule has 0 atom stereocenters. The molecule has 0 aromatic heterocycles. The second-order valence-corrected chi connectivity index (χ2v) is 4.55. The van der Waals surface area contributed by atoms with Gasteiger partial charge in [0.1, 0.15) is 11.3 Å². The molecule has 0 aliphatic carbocycles. The van der Waals surface area contributed by atoms with Crippen LogP contribution in [0.3, 0.4) is 0 Å². The number of phenols is 1. The second kappa shape index (κ2) is 5.61. The van der Waals surface area contributed by atoms with Crippen LogP contribution in [0.5, 0.6) is 5.75 Å². The van der Waals surface area contributed by atoms with Gasteiger partial charge in [0.05, 0.1) is 0 Å². The highest BCUT2D eigenvalue weighted by molar-refractivity contribution is 6.07. The topological polar surface area (TPSA) is 66.8 Å². The second-order valence-electron chi connectivity index (χ2n) is 4.55. The summed E-state index contributed by atoms with van der Waals surface area (Å²) in [7, 11) is 3.15. The van der Waals surface area contributed by atoms with Crippen LogP contribution >= 0.6 is 0 Å². The van der Waals surface area contributed by atoms with Gasteiger partial charge in [-0.05, 0) is 16.8 Å². The van der Waals surface area contributed by atoms with E-state index in [9.17, 15) is 14.7 Å². The molecule has 2 rings (SSSR count). The Hall–Kier alpha value is -2.56. The normalized spacial score (nSPS) is 10.3. The average Bonchev–Trinajstić information content (AvgIpc) is 2.44. The van der Waals surface area contributed by atoms with E-state index < -0.39 is 5.97 Å². The number of carbonyl (C=O) groups excluding carboxylic acids is 2. The Labute approximate surface area is 116 Å². The Morgan fingerprint density at radius 2 is 1.85 bits per heavy atom. The summed E-state index contributed by atoms with van der Waals surface area (Å²) in [4.78, 5) is 24.8. The molecule has 0 unspecified atom stereocenters. The molecule has 20 heavy (non-hydrogen) atoms. The zero-order valence-corrected chi connectivity index (χ0v) is 11.3. The molecule has 0 aliphatic heterocycles. The van der Waals surface area contributed by atoms with Crippen LogP contribution in [0, 0.1) is 0 Å². The summed E-state index contributed by atoms with van der Waals surface area (Å²) >= 11 is 0. The number of nitrogens with zero attached hydrogens (tertiary/aromatic N) is 1. The largest absolute Gasteiger partial charge is 0.507 e. The molecule has 104 valence electrons. The summed E-state index contributed by atoms with van der Waals surface area (Å²) in [6.07, 6.45) is 0. The van der Waals surface area contributed by atoms with Crippen molar-refractivity contribution in [2.24, 2.45) is 0 Å².